The molecule has 0 aliphatic carbocycles. The molecule has 6 nitrogen and oxygen atoms in total. The Hall–Kier alpha value is -1.79. The van der Waals surface area contributed by atoms with Crippen molar-refractivity contribution in [2.75, 3.05) is 27.3 Å². The Morgan fingerprint density at radius 1 is 1.42 bits per heavy atom. The molecule has 0 saturated carbocycles. The van der Waals surface area contributed by atoms with Gasteiger partial charge in [-0.2, -0.15) is 0 Å². The Balaban J connectivity index is 2.65. The Kier molecular flexibility index (Phi) is 5.59. The number of benzene rings is 1. The van der Waals surface area contributed by atoms with Crippen molar-refractivity contribution < 1.29 is 14.5 Å². The van der Waals surface area contributed by atoms with Gasteiger partial charge < -0.3 is 4.74 Å². The number of likely N-dealkylation sites (N-methyl/N-ethyl adjacent to an activating group) is 1. The lowest BCUT2D eigenvalue weighted by Gasteiger charge is -2.23. The number of carbonyl (C=O) groups excluding carboxylic acids is 1. The van der Waals surface area contributed by atoms with E-state index in [2.05, 4.69) is 0 Å². The molecule has 19 heavy (non-hydrogen) atoms. The van der Waals surface area contributed by atoms with Crippen LogP contribution in [0.4, 0.5) is 5.69 Å². The van der Waals surface area contributed by atoms with E-state index in [0.29, 0.717) is 12.2 Å². The molecular formula is C13H18N2O4. The molecule has 0 spiro atoms. The molecule has 0 N–H and O–H groups in total. The van der Waals surface area contributed by atoms with Gasteiger partial charge in [0.25, 0.3) is 5.69 Å². The molecule has 0 aromatic heterocycles. The van der Waals surface area contributed by atoms with Gasteiger partial charge in [0, 0.05) is 30.8 Å². The number of hydrogen-bond acceptors (Lipinski definition) is 5. The first-order valence-electron chi connectivity index (χ1n) is 5.92. The zero-order chi connectivity index (χ0) is 14.4. The normalized spacial score (nSPS) is 12.4. The standard InChI is InChI=1S/C13H18N2O4/c1-10(9-19-3)14(2)8-13(16)11-4-6-12(7-5-11)15(17)18/h4-7,10H,8-9H2,1-3H3. The molecule has 0 fully saturated rings. The summed E-state index contributed by atoms with van der Waals surface area (Å²) in [5, 5.41) is 10.5. The predicted molar refractivity (Wildman–Crippen MR) is 71.4 cm³/mol. The van der Waals surface area contributed by atoms with Crippen LogP contribution in [-0.2, 0) is 4.74 Å². The van der Waals surface area contributed by atoms with Crippen molar-refractivity contribution in [3.63, 3.8) is 0 Å². The van der Waals surface area contributed by atoms with E-state index in [4.69, 9.17) is 4.74 Å². The van der Waals surface area contributed by atoms with E-state index in [-0.39, 0.29) is 24.1 Å². The highest BCUT2D eigenvalue weighted by Gasteiger charge is 2.15. The largest absolute Gasteiger partial charge is 0.383 e. The Morgan fingerprint density at radius 2 is 2.00 bits per heavy atom. The molecule has 0 heterocycles. The molecule has 1 aromatic rings. The van der Waals surface area contributed by atoms with Crippen LogP contribution in [0.1, 0.15) is 17.3 Å². The summed E-state index contributed by atoms with van der Waals surface area (Å²) in [6.07, 6.45) is 0. The SMILES string of the molecule is COCC(C)N(C)CC(=O)c1ccc([N+](=O)[O-])cc1. The average Bonchev–Trinajstić information content (AvgIpc) is 2.38. The van der Waals surface area contributed by atoms with Gasteiger partial charge in [0.05, 0.1) is 18.1 Å². The first-order chi connectivity index (χ1) is 8.95. The van der Waals surface area contributed by atoms with Crippen molar-refractivity contribution in [1.29, 1.82) is 0 Å². The van der Waals surface area contributed by atoms with E-state index in [1.165, 1.54) is 24.3 Å². The van der Waals surface area contributed by atoms with Gasteiger partial charge in [-0.05, 0) is 26.1 Å². The minimum absolute atomic E-state index is 0.0161. The lowest BCUT2D eigenvalue weighted by molar-refractivity contribution is -0.384. The third-order valence-electron chi connectivity index (χ3n) is 2.95. The Morgan fingerprint density at radius 3 is 2.47 bits per heavy atom. The number of non-ortho nitro benzene ring substituents is 1. The van der Waals surface area contributed by atoms with Crippen LogP contribution in [0.3, 0.4) is 0 Å². The van der Waals surface area contributed by atoms with E-state index in [9.17, 15) is 14.9 Å². The molecule has 1 atom stereocenters. The molecule has 104 valence electrons. The maximum Gasteiger partial charge on any atom is 0.269 e. The van der Waals surface area contributed by atoms with E-state index >= 15 is 0 Å². The highest BCUT2D eigenvalue weighted by molar-refractivity contribution is 5.97. The van der Waals surface area contributed by atoms with Gasteiger partial charge in [-0.15, -0.1) is 0 Å². The summed E-state index contributed by atoms with van der Waals surface area (Å²) < 4.78 is 5.03. The fraction of sp³-hybridized carbons (Fsp3) is 0.462. The van der Waals surface area contributed by atoms with Gasteiger partial charge in [-0.1, -0.05) is 0 Å². The van der Waals surface area contributed by atoms with Gasteiger partial charge in [0.1, 0.15) is 0 Å². The second-order valence-corrected chi connectivity index (χ2v) is 4.45. The zero-order valence-electron chi connectivity index (χ0n) is 11.3. The number of rotatable bonds is 7. The summed E-state index contributed by atoms with van der Waals surface area (Å²) in [5.41, 5.74) is 0.458. The second-order valence-electron chi connectivity index (χ2n) is 4.45. The first kappa shape index (κ1) is 15.3. The zero-order valence-corrected chi connectivity index (χ0v) is 11.3. The van der Waals surface area contributed by atoms with Crippen LogP contribution in [0, 0.1) is 10.1 Å². The second kappa shape index (κ2) is 6.96. The molecule has 0 amide bonds. The average molecular weight is 266 g/mol. The number of ketones is 1. The van der Waals surface area contributed by atoms with Crippen molar-refractivity contribution in [3.8, 4) is 0 Å². The minimum Gasteiger partial charge on any atom is -0.383 e. The highest BCUT2D eigenvalue weighted by atomic mass is 16.6. The lowest BCUT2D eigenvalue weighted by atomic mass is 10.1. The van der Waals surface area contributed by atoms with Crippen LogP contribution in [-0.4, -0.2) is 49.0 Å². The van der Waals surface area contributed by atoms with Crippen LogP contribution < -0.4 is 0 Å². The van der Waals surface area contributed by atoms with Crippen molar-refractivity contribution in [2.24, 2.45) is 0 Å². The molecule has 0 radical (unpaired) electrons. The number of Topliss-reactive ketones (excluding diaryl/α,β-unsaturated/α-hetero) is 1. The Labute approximate surface area is 112 Å². The molecule has 0 saturated heterocycles. The number of nitro benzene ring substituents is 1. The summed E-state index contributed by atoms with van der Waals surface area (Å²) >= 11 is 0. The quantitative estimate of drug-likeness (QED) is 0.427. The number of nitro groups is 1. The van der Waals surface area contributed by atoms with Gasteiger partial charge in [0.15, 0.2) is 5.78 Å². The number of carbonyl (C=O) groups is 1. The fourth-order valence-corrected chi connectivity index (χ4v) is 1.61. The molecule has 1 aromatic carbocycles. The van der Waals surface area contributed by atoms with Crippen LogP contribution in [0.25, 0.3) is 0 Å². The van der Waals surface area contributed by atoms with Crippen LogP contribution in [0.2, 0.25) is 0 Å². The fourth-order valence-electron chi connectivity index (χ4n) is 1.61. The maximum absolute atomic E-state index is 12.0. The number of methoxy groups -OCH3 is 1. The van der Waals surface area contributed by atoms with Crippen LogP contribution in [0.5, 0.6) is 0 Å². The maximum atomic E-state index is 12.0. The van der Waals surface area contributed by atoms with E-state index < -0.39 is 4.92 Å². The molecule has 0 bridgehead atoms. The molecule has 1 unspecified atom stereocenters. The number of nitrogens with zero attached hydrogens (tertiary/aromatic N) is 2. The van der Waals surface area contributed by atoms with Crippen LogP contribution >= 0.6 is 0 Å². The summed E-state index contributed by atoms with van der Waals surface area (Å²) in [4.78, 5) is 23.9. The summed E-state index contributed by atoms with van der Waals surface area (Å²) in [6, 6.07) is 5.77. The summed E-state index contributed by atoms with van der Waals surface area (Å²) in [6.45, 7) is 2.76. The van der Waals surface area contributed by atoms with Gasteiger partial charge in [-0.3, -0.25) is 19.8 Å². The third-order valence-corrected chi connectivity index (χ3v) is 2.95. The predicted octanol–water partition coefficient (Wildman–Crippen LogP) is 1.74. The van der Waals surface area contributed by atoms with E-state index in [0.717, 1.165) is 0 Å². The minimum atomic E-state index is -0.485. The number of hydrogen-bond donors (Lipinski definition) is 0. The third kappa shape index (κ3) is 4.42. The van der Waals surface area contributed by atoms with E-state index in [1.54, 1.807) is 7.11 Å². The monoisotopic (exact) mass is 266 g/mol. The molecule has 6 heteroatoms. The van der Waals surface area contributed by atoms with Gasteiger partial charge >= 0.3 is 0 Å². The lowest BCUT2D eigenvalue weighted by Crippen LogP contribution is -2.36. The number of ether oxygens (including phenoxy) is 1. The van der Waals surface area contributed by atoms with Gasteiger partial charge in [0.2, 0.25) is 0 Å². The van der Waals surface area contributed by atoms with Crippen molar-refractivity contribution in [3.05, 3.63) is 39.9 Å². The smallest absolute Gasteiger partial charge is 0.269 e. The topological polar surface area (TPSA) is 72.7 Å². The van der Waals surface area contributed by atoms with Crippen molar-refractivity contribution >= 4 is 11.5 Å². The van der Waals surface area contributed by atoms with Gasteiger partial charge in [-0.25, -0.2) is 0 Å². The Bertz CT molecular complexity index is 444. The van der Waals surface area contributed by atoms with Crippen molar-refractivity contribution in [1.82, 2.24) is 4.90 Å². The molecule has 0 aliphatic heterocycles. The highest BCUT2D eigenvalue weighted by Crippen LogP contribution is 2.12. The molecule has 1 rings (SSSR count). The van der Waals surface area contributed by atoms with Crippen molar-refractivity contribution in [2.45, 2.75) is 13.0 Å². The van der Waals surface area contributed by atoms with Crippen LogP contribution in [0.15, 0.2) is 24.3 Å². The first-order valence-corrected chi connectivity index (χ1v) is 5.92. The molecule has 0 aliphatic rings. The summed E-state index contributed by atoms with van der Waals surface area (Å²) in [7, 11) is 3.45. The van der Waals surface area contributed by atoms with E-state index in [1.807, 2.05) is 18.9 Å². The molecular weight excluding hydrogens is 248 g/mol. The summed E-state index contributed by atoms with van der Waals surface area (Å²) in [5.74, 6) is -0.0691.